The lowest BCUT2D eigenvalue weighted by Gasteiger charge is -2.14. The van der Waals surface area contributed by atoms with Crippen LogP contribution in [0, 0.1) is 136 Å². The van der Waals surface area contributed by atoms with Gasteiger partial charge in [0.2, 0.25) is 0 Å². The van der Waals surface area contributed by atoms with Gasteiger partial charge < -0.3 is 19.9 Å². The summed E-state index contributed by atoms with van der Waals surface area (Å²) in [6, 6.07) is 62.7. The second-order valence-corrected chi connectivity index (χ2v) is 33.1. The van der Waals surface area contributed by atoms with E-state index in [0.717, 1.165) is 173 Å². The third-order valence-corrected chi connectivity index (χ3v) is 23.7. The number of benzene rings is 8. The molecule has 4 aliphatic rings. The molecule has 6 aromatic heterocycles. The fourth-order valence-electron chi connectivity index (χ4n) is 19.6. The molecule has 0 atom stereocenters. The predicted octanol–water partition coefficient (Wildman–Crippen LogP) is 27.9. The Bertz CT molecular complexity index is 6990. The molecule has 8 nitrogen and oxygen atoms in total. The van der Waals surface area contributed by atoms with Gasteiger partial charge in [-0.25, -0.2) is 19.9 Å². The number of fused-ring (bicyclic) bond motifs is 16. The van der Waals surface area contributed by atoms with Crippen LogP contribution >= 0.6 is 0 Å². The first kappa shape index (κ1) is 74.0. The molecule has 0 fully saturated rings. The summed E-state index contributed by atoms with van der Waals surface area (Å²) in [5.41, 5.74) is 55.6. The van der Waals surface area contributed by atoms with Crippen molar-refractivity contribution in [2.75, 3.05) is 0 Å². The van der Waals surface area contributed by atoms with E-state index in [1.54, 1.807) is 0 Å². The highest BCUT2D eigenvalue weighted by Gasteiger charge is 2.27. The molecule has 0 saturated carbocycles. The Morgan fingerprint density at radius 1 is 0.190 bits per heavy atom. The van der Waals surface area contributed by atoms with Crippen LogP contribution in [-0.4, -0.2) is 39.9 Å². The summed E-state index contributed by atoms with van der Waals surface area (Å²) in [6.07, 6.45) is 17.6. The van der Waals surface area contributed by atoms with Crippen molar-refractivity contribution in [3.8, 4) is 101 Å². The zero-order valence-electron chi connectivity index (χ0n) is 69.6. The second-order valence-electron chi connectivity index (χ2n) is 33.1. The van der Waals surface area contributed by atoms with E-state index in [1.807, 2.05) is 0 Å². The number of aryl methyl sites for hydroxylation is 18. The number of rotatable bonds is 8. The number of hydrogen-bond donors (Lipinski definition) is 4. The van der Waals surface area contributed by atoms with Gasteiger partial charge in [0.1, 0.15) is 0 Å². The molecule has 0 unspecified atom stereocenters. The quantitative estimate of drug-likeness (QED) is 0.113. The Hall–Kier alpha value is -13.5. The van der Waals surface area contributed by atoms with Crippen LogP contribution in [0.3, 0.4) is 0 Å². The molecule has 0 radical (unpaired) electrons. The van der Waals surface area contributed by atoms with E-state index in [0.29, 0.717) is 0 Å². The van der Waals surface area contributed by atoms with Gasteiger partial charge >= 0.3 is 0 Å². The number of nitrogens with zero attached hydrogens (tertiary/aromatic N) is 4. The molecule has 0 spiro atoms. The summed E-state index contributed by atoms with van der Waals surface area (Å²) < 4.78 is 0. The Morgan fingerprint density at radius 3 is 0.698 bits per heavy atom. The highest BCUT2D eigenvalue weighted by molar-refractivity contribution is 6.05. The van der Waals surface area contributed by atoms with Crippen LogP contribution in [0.2, 0.25) is 0 Å². The van der Waals surface area contributed by atoms with Gasteiger partial charge in [0, 0.05) is 99.8 Å². The van der Waals surface area contributed by atoms with Crippen LogP contribution in [0.25, 0.3) is 182 Å². The number of hydrogen-bond acceptors (Lipinski definition) is 4. The van der Waals surface area contributed by atoms with Gasteiger partial charge in [-0.3, -0.25) is 0 Å². The zero-order chi connectivity index (χ0) is 80.5. The van der Waals surface area contributed by atoms with Crippen molar-refractivity contribution in [3.63, 3.8) is 0 Å². The topological polar surface area (TPSA) is 115 Å². The van der Waals surface area contributed by atoms with Crippen molar-refractivity contribution >= 4 is 92.7 Å². The lowest BCUT2D eigenvalue weighted by atomic mass is 9.92. The molecule has 0 saturated heterocycles. The molecule has 566 valence electrons. The van der Waals surface area contributed by atoms with Crippen LogP contribution < -0.4 is 0 Å². The summed E-state index contributed by atoms with van der Waals surface area (Å²) >= 11 is 0. The van der Waals surface area contributed by atoms with Gasteiger partial charge in [-0.2, -0.15) is 0 Å². The van der Waals surface area contributed by atoms with E-state index in [-0.39, 0.29) is 0 Å². The summed E-state index contributed by atoms with van der Waals surface area (Å²) in [6.45, 7) is 39.8. The fraction of sp³-hybridized carbons (Fsp3) is 0.167. The Morgan fingerprint density at radius 2 is 0.414 bits per heavy atom. The number of nitrogens with one attached hydrogen (secondary N) is 4. The first-order valence-electron chi connectivity index (χ1n) is 40.4. The Balaban J connectivity index is 0.795. The highest BCUT2D eigenvalue weighted by atomic mass is 14.8. The van der Waals surface area contributed by atoms with Crippen LogP contribution in [0.15, 0.2) is 170 Å². The standard InChI is InChI=1S/C108H94N8/c1-57-43-63(7)96(64(8)44-57)103-83-30-29-79(109-83)55-94-80(56-95(116-94)108(101-73(17)53-62(6)54-74(101)18)93-42-41-92(115-93)107(89-36-35-84(103)112-89)100-71(15)51-61(5)52-72(100)16)77-25-21-75(22-26-77)19-20-76-23-27-78(28-24-76)102-81-31-33-85(110-81)104(97-65(9)45-58(2)46-66(97)10)87-37-39-90(113-87)106(99-69(13)49-60(4)50-70(99)14)91-40-38-88(114-91)105(86-34-32-82(102)111-86)98-67(11)47-59(3)48-68(98)12/h21-56,110,112,114,116H,1-18H3. The molecule has 18 rings (SSSR count). The van der Waals surface area contributed by atoms with E-state index < -0.39 is 0 Å². The summed E-state index contributed by atoms with van der Waals surface area (Å²) in [5.74, 6) is 7.15. The maximum atomic E-state index is 5.77. The number of aromatic amines is 4. The van der Waals surface area contributed by atoms with Gasteiger partial charge in [0.25, 0.3) is 0 Å². The number of aromatic nitrogens is 8. The van der Waals surface area contributed by atoms with Crippen LogP contribution in [0.4, 0.5) is 0 Å². The normalized spacial score (nSPS) is 12.2. The maximum Gasteiger partial charge on any atom is 0.0737 e. The SMILES string of the molecule is Cc1cc(C)c(-c2c3nc(c(-c4c(C)cc(C)cc4C)c4ccc([nH]4)c(-c4c(C)cc(C)cc4C)c4nc(cc5[nH]c2cc5-c2ccc(C#Cc5ccc(-c6c7nc(c(-c8c(C)cc(C)cc8C)c8ccc([nH]8)c(-c8c(C)cc(C)cc8C)c8nc(c(-c9c(C)cc(C)cc9C)c9ccc6[nH]9)C=C8)C=C7)cc5)cc2)C=C4)C=C3)c(C)c1. The van der Waals surface area contributed by atoms with E-state index in [4.69, 9.17) is 19.9 Å². The largest absolute Gasteiger partial charge is 0.354 e. The van der Waals surface area contributed by atoms with E-state index in [2.05, 4.69) is 375 Å². The molecular weight excluding hydrogens is 1410 g/mol. The minimum atomic E-state index is 0.843. The van der Waals surface area contributed by atoms with Crippen molar-refractivity contribution < 1.29 is 0 Å². The molecule has 4 aliphatic heterocycles. The zero-order valence-corrected chi connectivity index (χ0v) is 69.6. The second kappa shape index (κ2) is 28.9. The Labute approximate surface area is 680 Å². The predicted molar refractivity (Wildman–Crippen MR) is 492 cm³/mol. The van der Waals surface area contributed by atoms with Gasteiger partial charge in [-0.15, -0.1) is 0 Å². The average Bonchev–Trinajstić information content (AvgIpc) is 1.60. The summed E-state index contributed by atoms with van der Waals surface area (Å²) in [5, 5.41) is 0. The third kappa shape index (κ3) is 13.2. The molecule has 0 aliphatic carbocycles. The smallest absolute Gasteiger partial charge is 0.0737 e. The maximum absolute atomic E-state index is 5.77. The third-order valence-electron chi connectivity index (χ3n) is 23.7. The molecular formula is C108H94N8. The lowest BCUT2D eigenvalue weighted by molar-refractivity contribution is 1.27. The van der Waals surface area contributed by atoms with Gasteiger partial charge in [-0.05, 0) is 357 Å². The van der Waals surface area contributed by atoms with Crippen LogP contribution in [0.1, 0.15) is 157 Å². The van der Waals surface area contributed by atoms with Crippen LogP contribution in [-0.2, 0) is 0 Å². The molecule has 0 amide bonds. The minimum Gasteiger partial charge on any atom is -0.354 e. The molecule has 8 heteroatoms. The van der Waals surface area contributed by atoms with Gasteiger partial charge in [0.05, 0.1) is 45.6 Å². The van der Waals surface area contributed by atoms with Crippen LogP contribution in [0.5, 0.6) is 0 Å². The first-order valence-corrected chi connectivity index (χ1v) is 40.4. The average molecular weight is 1500 g/mol. The van der Waals surface area contributed by atoms with Crippen molar-refractivity contribution in [2.24, 2.45) is 0 Å². The Kier molecular flexibility index (Phi) is 18.4. The summed E-state index contributed by atoms with van der Waals surface area (Å²) in [4.78, 5) is 38.9. The molecule has 14 aromatic rings. The van der Waals surface area contributed by atoms with Crippen molar-refractivity contribution in [3.05, 3.63) is 327 Å². The molecule has 4 N–H and O–H groups in total. The molecule has 16 bridgehead atoms. The van der Waals surface area contributed by atoms with Crippen molar-refractivity contribution in [1.29, 1.82) is 0 Å². The first-order chi connectivity index (χ1) is 55.8. The molecule has 116 heavy (non-hydrogen) atoms. The van der Waals surface area contributed by atoms with Crippen molar-refractivity contribution in [1.82, 2.24) is 39.9 Å². The lowest BCUT2D eigenvalue weighted by Crippen LogP contribution is -1.96. The van der Waals surface area contributed by atoms with Crippen molar-refractivity contribution in [2.45, 2.75) is 125 Å². The highest BCUT2D eigenvalue weighted by Crippen LogP contribution is 2.47. The molecule has 10 heterocycles. The minimum absolute atomic E-state index is 0.843. The van der Waals surface area contributed by atoms with Gasteiger partial charge in [0.15, 0.2) is 0 Å². The van der Waals surface area contributed by atoms with E-state index >= 15 is 0 Å². The number of H-pyrrole nitrogens is 4. The summed E-state index contributed by atoms with van der Waals surface area (Å²) in [7, 11) is 0. The van der Waals surface area contributed by atoms with Gasteiger partial charge in [-0.1, -0.05) is 142 Å². The monoisotopic (exact) mass is 1500 g/mol. The molecule has 8 aromatic carbocycles. The van der Waals surface area contributed by atoms with E-state index in [1.165, 1.54) is 117 Å². The van der Waals surface area contributed by atoms with E-state index in [9.17, 15) is 0 Å². The fourth-order valence-corrected chi connectivity index (χ4v) is 19.6.